The lowest BCUT2D eigenvalue weighted by atomic mass is 10.1. The SMILES string of the molecule is CC(C)(C)NCCCCOC1CCCCCC1. The monoisotopic (exact) mass is 241 g/mol. The van der Waals surface area contributed by atoms with Gasteiger partial charge in [-0.25, -0.2) is 0 Å². The van der Waals surface area contributed by atoms with E-state index in [-0.39, 0.29) is 5.54 Å². The predicted octanol–water partition coefficient (Wildman–Crippen LogP) is 3.89. The van der Waals surface area contributed by atoms with Crippen LogP contribution in [-0.4, -0.2) is 24.8 Å². The summed E-state index contributed by atoms with van der Waals surface area (Å²) < 4.78 is 5.97. The third-order valence-electron chi connectivity index (χ3n) is 3.38. The topological polar surface area (TPSA) is 21.3 Å². The van der Waals surface area contributed by atoms with E-state index in [1.54, 1.807) is 0 Å². The van der Waals surface area contributed by atoms with Crippen molar-refractivity contribution >= 4 is 0 Å². The summed E-state index contributed by atoms with van der Waals surface area (Å²) in [5.74, 6) is 0. The highest BCUT2D eigenvalue weighted by atomic mass is 16.5. The Hall–Kier alpha value is -0.0800. The van der Waals surface area contributed by atoms with Crippen molar-refractivity contribution in [3.05, 3.63) is 0 Å². The molecule has 102 valence electrons. The zero-order valence-corrected chi connectivity index (χ0v) is 12.1. The van der Waals surface area contributed by atoms with Crippen LogP contribution in [0.5, 0.6) is 0 Å². The molecule has 17 heavy (non-hydrogen) atoms. The van der Waals surface area contributed by atoms with Gasteiger partial charge in [-0.2, -0.15) is 0 Å². The van der Waals surface area contributed by atoms with Crippen LogP contribution in [0.3, 0.4) is 0 Å². The van der Waals surface area contributed by atoms with Gasteiger partial charge in [-0.1, -0.05) is 25.7 Å². The standard InChI is InChI=1S/C15H31NO/c1-15(2,3)16-12-8-9-13-17-14-10-6-4-5-7-11-14/h14,16H,4-13H2,1-3H3. The summed E-state index contributed by atoms with van der Waals surface area (Å²) in [5.41, 5.74) is 0.252. The van der Waals surface area contributed by atoms with Crippen molar-refractivity contribution in [1.82, 2.24) is 5.32 Å². The van der Waals surface area contributed by atoms with Gasteiger partial charge in [-0.15, -0.1) is 0 Å². The summed E-state index contributed by atoms with van der Waals surface area (Å²) in [4.78, 5) is 0. The van der Waals surface area contributed by atoms with Crippen LogP contribution in [0.4, 0.5) is 0 Å². The molecule has 0 saturated heterocycles. The number of nitrogens with one attached hydrogen (secondary N) is 1. The number of hydrogen-bond donors (Lipinski definition) is 1. The predicted molar refractivity (Wildman–Crippen MR) is 74.4 cm³/mol. The summed E-state index contributed by atoms with van der Waals surface area (Å²) in [6, 6.07) is 0. The molecule has 0 atom stereocenters. The van der Waals surface area contributed by atoms with Crippen molar-refractivity contribution in [2.45, 2.75) is 83.8 Å². The van der Waals surface area contributed by atoms with Crippen molar-refractivity contribution < 1.29 is 4.74 Å². The first-order valence-corrected chi connectivity index (χ1v) is 7.44. The van der Waals surface area contributed by atoms with E-state index < -0.39 is 0 Å². The number of ether oxygens (including phenoxy) is 1. The Balaban J connectivity index is 1.93. The quantitative estimate of drug-likeness (QED) is 0.562. The van der Waals surface area contributed by atoms with E-state index in [0.29, 0.717) is 6.10 Å². The Morgan fingerprint density at radius 3 is 2.24 bits per heavy atom. The highest BCUT2D eigenvalue weighted by Gasteiger charge is 2.12. The molecule has 1 aliphatic rings. The highest BCUT2D eigenvalue weighted by Crippen LogP contribution is 2.19. The molecule has 0 bridgehead atoms. The minimum Gasteiger partial charge on any atom is -0.378 e. The maximum absolute atomic E-state index is 5.97. The first-order valence-electron chi connectivity index (χ1n) is 7.44. The maximum Gasteiger partial charge on any atom is 0.0575 e. The second kappa shape index (κ2) is 8.10. The average Bonchev–Trinajstić information content (AvgIpc) is 2.50. The number of hydrogen-bond acceptors (Lipinski definition) is 2. The smallest absolute Gasteiger partial charge is 0.0575 e. The van der Waals surface area contributed by atoms with E-state index in [2.05, 4.69) is 26.1 Å². The van der Waals surface area contributed by atoms with Gasteiger partial charge in [0.25, 0.3) is 0 Å². The normalized spacial score (nSPS) is 19.2. The molecule has 0 heterocycles. The summed E-state index contributed by atoms with van der Waals surface area (Å²) in [6.07, 6.45) is 11.1. The van der Waals surface area contributed by atoms with Gasteiger partial charge in [-0.05, 0) is 53.0 Å². The van der Waals surface area contributed by atoms with E-state index in [4.69, 9.17) is 4.74 Å². The fourth-order valence-corrected chi connectivity index (χ4v) is 2.35. The highest BCUT2D eigenvalue weighted by molar-refractivity contribution is 4.69. The van der Waals surface area contributed by atoms with E-state index in [9.17, 15) is 0 Å². The fraction of sp³-hybridized carbons (Fsp3) is 1.00. The molecule has 1 fully saturated rings. The van der Waals surface area contributed by atoms with Gasteiger partial charge in [-0.3, -0.25) is 0 Å². The minimum atomic E-state index is 0.252. The van der Waals surface area contributed by atoms with Crippen molar-refractivity contribution in [2.75, 3.05) is 13.2 Å². The van der Waals surface area contributed by atoms with Crippen LogP contribution >= 0.6 is 0 Å². The molecular formula is C15H31NO. The summed E-state index contributed by atoms with van der Waals surface area (Å²) >= 11 is 0. The molecule has 0 amide bonds. The van der Waals surface area contributed by atoms with Crippen molar-refractivity contribution in [3.63, 3.8) is 0 Å². The summed E-state index contributed by atoms with van der Waals surface area (Å²) in [6.45, 7) is 8.72. The van der Waals surface area contributed by atoms with E-state index in [1.165, 1.54) is 51.4 Å². The van der Waals surface area contributed by atoms with Gasteiger partial charge in [0, 0.05) is 12.1 Å². The Morgan fingerprint density at radius 1 is 1.00 bits per heavy atom. The van der Waals surface area contributed by atoms with Crippen molar-refractivity contribution in [2.24, 2.45) is 0 Å². The average molecular weight is 241 g/mol. The fourth-order valence-electron chi connectivity index (χ4n) is 2.35. The molecule has 0 spiro atoms. The van der Waals surface area contributed by atoms with Crippen LogP contribution in [0, 0.1) is 0 Å². The van der Waals surface area contributed by atoms with Crippen molar-refractivity contribution in [1.29, 1.82) is 0 Å². The second-order valence-electron chi connectivity index (χ2n) is 6.37. The van der Waals surface area contributed by atoms with Crippen LogP contribution in [0.2, 0.25) is 0 Å². The molecule has 2 heteroatoms. The third kappa shape index (κ3) is 8.62. The molecule has 1 aliphatic carbocycles. The van der Waals surface area contributed by atoms with Gasteiger partial charge >= 0.3 is 0 Å². The molecule has 0 aromatic heterocycles. The van der Waals surface area contributed by atoms with Crippen LogP contribution < -0.4 is 5.32 Å². The third-order valence-corrected chi connectivity index (χ3v) is 3.38. The summed E-state index contributed by atoms with van der Waals surface area (Å²) in [5, 5.41) is 3.51. The molecule has 0 unspecified atom stereocenters. The maximum atomic E-state index is 5.97. The van der Waals surface area contributed by atoms with Gasteiger partial charge in [0.1, 0.15) is 0 Å². The zero-order chi connectivity index (χ0) is 12.6. The number of unbranched alkanes of at least 4 members (excludes halogenated alkanes) is 1. The first kappa shape index (κ1) is 15.0. The molecule has 1 N–H and O–H groups in total. The lowest BCUT2D eigenvalue weighted by Gasteiger charge is -2.20. The van der Waals surface area contributed by atoms with Crippen LogP contribution in [0.25, 0.3) is 0 Å². The first-order chi connectivity index (χ1) is 8.08. The van der Waals surface area contributed by atoms with Gasteiger partial charge < -0.3 is 10.1 Å². The Kier molecular flexibility index (Phi) is 7.14. The molecule has 2 nitrogen and oxygen atoms in total. The lowest BCUT2D eigenvalue weighted by Crippen LogP contribution is -2.36. The van der Waals surface area contributed by atoms with E-state index >= 15 is 0 Å². The molecule has 0 aromatic carbocycles. The Labute approximate surface area is 108 Å². The molecular weight excluding hydrogens is 210 g/mol. The minimum absolute atomic E-state index is 0.252. The van der Waals surface area contributed by atoms with Gasteiger partial charge in [0.15, 0.2) is 0 Å². The molecule has 1 rings (SSSR count). The lowest BCUT2D eigenvalue weighted by molar-refractivity contribution is 0.0409. The van der Waals surface area contributed by atoms with E-state index in [1.807, 2.05) is 0 Å². The van der Waals surface area contributed by atoms with Gasteiger partial charge in [0.2, 0.25) is 0 Å². The molecule has 0 aromatic rings. The Morgan fingerprint density at radius 2 is 1.65 bits per heavy atom. The van der Waals surface area contributed by atoms with Crippen LogP contribution in [0.15, 0.2) is 0 Å². The Bertz CT molecular complexity index is 178. The number of rotatable bonds is 6. The zero-order valence-electron chi connectivity index (χ0n) is 12.1. The molecule has 0 aliphatic heterocycles. The molecule has 1 saturated carbocycles. The largest absolute Gasteiger partial charge is 0.378 e. The van der Waals surface area contributed by atoms with E-state index in [0.717, 1.165) is 13.2 Å². The van der Waals surface area contributed by atoms with Gasteiger partial charge in [0.05, 0.1) is 6.10 Å². The van der Waals surface area contributed by atoms with Crippen LogP contribution in [-0.2, 0) is 4.74 Å². The van der Waals surface area contributed by atoms with Crippen LogP contribution in [0.1, 0.15) is 72.1 Å². The van der Waals surface area contributed by atoms with Crippen molar-refractivity contribution in [3.8, 4) is 0 Å². The second-order valence-corrected chi connectivity index (χ2v) is 6.37. The molecule has 0 radical (unpaired) electrons. The summed E-state index contributed by atoms with van der Waals surface area (Å²) in [7, 11) is 0.